The van der Waals surface area contributed by atoms with Crippen molar-refractivity contribution in [3.63, 3.8) is 0 Å². The number of methoxy groups -OCH3 is 1. The van der Waals surface area contributed by atoms with Gasteiger partial charge in [-0.1, -0.05) is 6.92 Å². The lowest BCUT2D eigenvalue weighted by atomic mass is 9.96. The molecule has 5 nitrogen and oxygen atoms in total. The molecule has 1 fully saturated rings. The summed E-state index contributed by atoms with van der Waals surface area (Å²) < 4.78 is 5.16. The average Bonchev–Trinajstić information content (AvgIpc) is 2.52. The molecule has 1 aromatic rings. The van der Waals surface area contributed by atoms with Crippen molar-refractivity contribution < 1.29 is 9.53 Å². The Labute approximate surface area is 120 Å². The highest BCUT2D eigenvalue weighted by Gasteiger charge is 2.25. The van der Waals surface area contributed by atoms with Gasteiger partial charge in [0, 0.05) is 19.3 Å². The minimum atomic E-state index is 0.0249. The van der Waals surface area contributed by atoms with Gasteiger partial charge in [0.1, 0.15) is 5.56 Å². The number of carbonyl (C=O) groups is 1. The zero-order valence-electron chi connectivity index (χ0n) is 12.3. The van der Waals surface area contributed by atoms with Crippen LogP contribution in [0, 0.1) is 5.92 Å². The summed E-state index contributed by atoms with van der Waals surface area (Å²) in [5.74, 6) is 1.11. The summed E-state index contributed by atoms with van der Waals surface area (Å²) >= 11 is 0. The van der Waals surface area contributed by atoms with Crippen molar-refractivity contribution in [2.45, 2.75) is 19.8 Å². The van der Waals surface area contributed by atoms with E-state index in [4.69, 9.17) is 4.74 Å². The van der Waals surface area contributed by atoms with E-state index < -0.39 is 0 Å². The molecule has 1 amide bonds. The summed E-state index contributed by atoms with van der Waals surface area (Å²) in [6.07, 6.45) is 3.75. The Morgan fingerprint density at radius 2 is 2.25 bits per heavy atom. The molecule has 110 valence electrons. The van der Waals surface area contributed by atoms with Crippen LogP contribution in [0.4, 0.5) is 0 Å². The predicted octanol–water partition coefficient (Wildman–Crippen LogP) is 1.55. The monoisotopic (exact) mass is 277 g/mol. The number of nitrogens with zero attached hydrogens (tertiary/aromatic N) is 2. The Hall–Kier alpha value is -1.62. The van der Waals surface area contributed by atoms with Crippen LogP contribution in [0.25, 0.3) is 0 Å². The van der Waals surface area contributed by atoms with Crippen LogP contribution >= 0.6 is 0 Å². The zero-order valence-corrected chi connectivity index (χ0v) is 12.3. The molecule has 2 heterocycles. The van der Waals surface area contributed by atoms with Gasteiger partial charge in [0.2, 0.25) is 5.88 Å². The Morgan fingerprint density at radius 3 is 2.90 bits per heavy atom. The number of ether oxygens (including phenoxy) is 1. The first-order chi connectivity index (χ1) is 9.76. The van der Waals surface area contributed by atoms with E-state index in [2.05, 4.69) is 17.2 Å². The normalized spacial score (nSPS) is 16.2. The molecule has 0 aliphatic carbocycles. The summed E-state index contributed by atoms with van der Waals surface area (Å²) in [6, 6.07) is 3.55. The van der Waals surface area contributed by atoms with Crippen LogP contribution in [0.1, 0.15) is 30.1 Å². The largest absolute Gasteiger partial charge is 0.480 e. The van der Waals surface area contributed by atoms with Gasteiger partial charge < -0.3 is 15.0 Å². The lowest BCUT2D eigenvalue weighted by molar-refractivity contribution is 0.0686. The molecule has 0 radical (unpaired) electrons. The highest BCUT2D eigenvalue weighted by molar-refractivity contribution is 5.96. The molecular formula is C15H23N3O2. The molecule has 2 rings (SSSR count). The molecule has 1 saturated heterocycles. The number of amides is 1. The maximum Gasteiger partial charge on any atom is 0.259 e. The van der Waals surface area contributed by atoms with Gasteiger partial charge in [-0.15, -0.1) is 0 Å². The third-order valence-corrected chi connectivity index (χ3v) is 3.78. The fourth-order valence-electron chi connectivity index (χ4n) is 2.58. The summed E-state index contributed by atoms with van der Waals surface area (Å²) in [6.45, 7) is 5.80. The van der Waals surface area contributed by atoms with Gasteiger partial charge in [0.05, 0.1) is 7.11 Å². The minimum absolute atomic E-state index is 0.0249. The van der Waals surface area contributed by atoms with Crippen molar-refractivity contribution in [2.24, 2.45) is 5.92 Å². The van der Waals surface area contributed by atoms with Crippen LogP contribution in [0.3, 0.4) is 0 Å². The predicted molar refractivity (Wildman–Crippen MR) is 78.0 cm³/mol. The van der Waals surface area contributed by atoms with E-state index in [1.54, 1.807) is 25.4 Å². The number of piperidine rings is 1. The molecule has 5 heteroatoms. The van der Waals surface area contributed by atoms with Crippen molar-refractivity contribution in [1.82, 2.24) is 15.2 Å². The molecule has 1 aromatic heterocycles. The molecular weight excluding hydrogens is 254 g/mol. The molecule has 1 aliphatic heterocycles. The van der Waals surface area contributed by atoms with Gasteiger partial charge in [-0.05, 0) is 44.0 Å². The molecule has 1 N–H and O–H groups in total. The maximum atomic E-state index is 12.5. The number of pyridine rings is 1. The molecule has 0 atom stereocenters. The molecule has 0 aromatic carbocycles. The first-order valence-corrected chi connectivity index (χ1v) is 7.25. The molecule has 0 spiro atoms. The van der Waals surface area contributed by atoms with E-state index in [1.807, 2.05) is 4.90 Å². The quantitative estimate of drug-likeness (QED) is 0.887. The maximum absolute atomic E-state index is 12.5. The van der Waals surface area contributed by atoms with Crippen LogP contribution in [-0.4, -0.2) is 49.1 Å². The van der Waals surface area contributed by atoms with Crippen molar-refractivity contribution in [3.8, 4) is 5.88 Å². The first kappa shape index (κ1) is 14.8. The zero-order chi connectivity index (χ0) is 14.4. The van der Waals surface area contributed by atoms with E-state index in [0.717, 1.165) is 39.0 Å². The number of hydrogen-bond donors (Lipinski definition) is 1. The van der Waals surface area contributed by atoms with Gasteiger partial charge >= 0.3 is 0 Å². The SMILES string of the molecule is CCNCC1CCN(C(=O)c2cccnc2OC)CC1. The topological polar surface area (TPSA) is 54.5 Å². The van der Waals surface area contributed by atoms with Crippen molar-refractivity contribution in [3.05, 3.63) is 23.9 Å². The van der Waals surface area contributed by atoms with Crippen molar-refractivity contribution in [2.75, 3.05) is 33.3 Å². The van der Waals surface area contributed by atoms with E-state index >= 15 is 0 Å². The second kappa shape index (κ2) is 7.24. The minimum Gasteiger partial charge on any atom is -0.480 e. The van der Waals surface area contributed by atoms with Crippen LogP contribution in [0.2, 0.25) is 0 Å². The Bertz CT molecular complexity index is 442. The van der Waals surface area contributed by atoms with Gasteiger partial charge in [0.25, 0.3) is 5.91 Å². The van der Waals surface area contributed by atoms with Gasteiger partial charge in [0.15, 0.2) is 0 Å². The van der Waals surface area contributed by atoms with Crippen molar-refractivity contribution >= 4 is 5.91 Å². The van der Waals surface area contributed by atoms with Crippen molar-refractivity contribution in [1.29, 1.82) is 0 Å². The third kappa shape index (κ3) is 3.48. The van der Waals surface area contributed by atoms with Gasteiger partial charge in [-0.2, -0.15) is 0 Å². The molecule has 0 bridgehead atoms. The van der Waals surface area contributed by atoms with Gasteiger partial charge in [-0.25, -0.2) is 4.98 Å². The number of hydrogen-bond acceptors (Lipinski definition) is 4. The average molecular weight is 277 g/mol. The molecule has 0 saturated carbocycles. The molecule has 1 aliphatic rings. The standard InChI is InChI=1S/C15H23N3O2/c1-3-16-11-12-6-9-18(10-7-12)15(19)13-5-4-8-17-14(13)20-2/h4-5,8,12,16H,3,6-7,9-11H2,1-2H3. The Kier molecular flexibility index (Phi) is 5.35. The van der Waals surface area contributed by atoms with E-state index in [-0.39, 0.29) is 5.91 Å². The lowest BCUT2D eigenvalue weighted by Crippen LogP contribution is -2.40. The highest BCUT2D eigenvalue weighted by Crippen LogP contribution is 2.21. The lowest BCUT2D eigenvalue weighted by Gasteiger charge is -2.32. The number of rotatable bonds is 5. The fraction of sp³-hybridized carbons (Fsp3) is 0.600. The highest BCUT2D eigenvalue weighted by atomic mass is 16.5. The smallest absolute Gasteiger partial charge is 0.259 e. The van der Waals surface area contributed by atoms with Crippen LogP contribution in [0.15, 0.2) is 18.3 Å². The van der Waals surface area contributed by atoms with Crippen LogP contribution < -0.4 is 10.1 Å². The van der Waals surface area contributed by atoms with Gasteiger partial charge in [-0.3, -0.25) is 4.79 Å². The summed E-state index contributed by atoms with van der Waals surface area (Å²) in [5, 5.41) is 3.38. The van der Waals surface area contributed by atoms with E-state index in [9.17, 15) is 4.79 Å². The number of nitrogens with one attached hydrogen (secondary N) is 1. The molecule has 20 heavy (non-hydrogen) atoms. The number of carbonyl (C=O) groups excluding carboxylic acids is 1. The van der Waals surface area contributed by atoms with E-state index in [1.165, 1.54) is 0 Å². The second-order valence-corrected chi connectivity index (χ2v) is 5.10. The summed E-state index contributed by atoms with van der Waals surface area (Å²) in [4.78, 5) is 18.5. The molecule has 0 unspecified atom stereocenters. The third-order valence-electron chi connectivity index (χ3n) is 3.78. The fourth-order valence-corrected chi connectivity index (χ4v) is 2.58. The Morgan fingerprint density at radius 1 is 1.50 bits per heavy atom. The number of aromatic nitrogens is 1. The summed E-state index contributed by atoms with van der Waals surface area (Å²) in [5.41, 5.74) is 0.556. The van der Waals surface area contributed by atoms with Crippen LogP contribution in [0.5, 0.6) is 5.88 Å². The van der Waals surface area contributed by atoms with Crippen LogP contribution in [-0.2, 0) is 0 Å². The van der Waals surface area contributed by atoms with E-state index in [0.29, 0.717) is 17.4 Å². The first-order valence-electron chi connectivity index (χ1n) is 7.25. The Balaban J connectivity index is 1.94. The second-order valence-electron chi connectivity index (χ2n) is 5.10. The number of likely N-dealkylation sites (tertiary alicyclic amines) is 1. The summed E-state index contributed by atoms with van der Waals surface area (Å²) in [7, 11) is 1.54.